The van der Waals surface area contributed by atoms with E-state index in [-0.39, 0.29) is 11.7 Å². The van der Waals surface area contributed by atoms with Crippen molar-refractivity contribution in [3.8, 4) is 28.2 Å². The summed E-state index contributed by atoms with van der Waals surface area (Å²) in [5.41, 5.74) is 1.86. The lowest BCUT2D eigenvalue weighted by Gasteiger charge is -2.13. The van der Waals surface area contributed by atoms with E-state index in [1.165, 1.54) is 11.8 Å². The Hall–Kier alpha value is -3.61. The summed E-state index contributed by atoms with van der Waals surface area (Å²) in [5, 5.41) is 23.1. The van der Waals surface area contributed by atoms with Crippen molar-refractivity contribution in [2.75, 3.05) is 18.2 Å². The topological polar surface area (TPSA) is 92.8 Å². The maximum absolute atomic E-state index is 12.5. The number of aromatic nitrogens is 3. The molecule has 0 spiro atoms. The Kier molecular flexibility index (Phi) is 6.31. The number of thiophene rings is 1. The first-order valence-electron chi connectivity index (χ1n) is 9.25. The third-order valence-corrected chi connectivity index (χ3v) is 6.10. The fourth-order valence-electron chi connectivity index (χ4n) is 2.95. The lowest BCUT2D eigenvalue weighted by molar-refractivity contribution is -0.113. The van der Waals surface area contributed by atoms with Gasteiger partial charge in [0.15, 0.2) is 11.0 Å². The minimum Gasteiger partial charge on any atom is -0.495 e. The number of thioether (sulfide) groups is 1. The molecule has 0 aliphatic rings. The van der Waals surface area contributed by atoms with Gasteiger partial charge in [-0.2, -0.15) is 5.26 Å². The van der Waals surface area contributed by atoms with Crippen LogP contribution in [0.2, 0.25) is 0 Å². The minimum atomic E-state index is -0.202. The van der Waals surface area contributed by atoms with E-state index in [4.69, 9.17) is 10.00 Å². The van der Waals surface area contributed by atoms with Crippen LogP contribution in [0.4, 0.5) is 5.69 Å². The number of benzene rings is 2. The molecule has 4 rings (SSSR count). The lowest BCUT2D eigenvalue weighted by Crippen LogP contribution is -2.14. The third kappa shape index (κ3) is 4.60. The van der Waals surface area contributed by atoms with Gasteiger partial charge in [0, 0.05) is 5.69 Å². The van der Waals surface area contributed by atoms with Gasteiger partial charge in [-0.1, -0.05) is 36.0 Å². The van der Waals surface area contributed by atoms with E-state index in [2.05, 4.69) is 21.6 Å². The molecule has 0 unspecified atom stereocenters. The van der Waals surface area contributed by atoms with Crippen LogP contribution in [0.25, 0.3) is 16.4 Å². The third-order valence-electron chi connectivity index (χ3n) is 4.31. The van der Waals surface area contributed by atoms with E-state index >= 15 is 0 Å². The molecule has 4 aromatic rings. The summed E-state index contributed by atoms with van der Waals surface area (Å²) in [6, 6.07) is 20.4. The molecule has 1 N–H and O–H groups in total. The van der Waals surface area contributed by atoms with E-state index < -0.39 is 0 Å². The van der Waals surface area contributed by atoms with Crippen LogP contribution in [0.5, 0.6) is 5.75 Å². The van der Waals surface area contributed by atoms with Crippen LogP contribution in [-0.2, 0) is 4.79 Å². The monoisotopic (exact) mass is 447 g/mol. The largest absolute Gasteiger partial charge is 0.495 e. The number of nitriles is 1. The normalized spacial score (nSPS) is 10.5. The number of carbonyl (C=O) groups excluding carboxylic acids is 1. The molecule has 0 atom stereocenters. The SMILES string of the molecule is COc1ccccc1-n1c(SCC(=O)Nc2cccc(C#N)c2)nnc1-c1cccs1. The Morgan fingerprint density at radius 2 is 2.06 bits per heavy atom. The van der Waals surface area contributed by atoms with Crippen LogP contribution in [0.3, 0.4) is 0 Å². The molecular weight excluding hydrogens is 430 g/mol. The smallest absolute Gasteiger partial charge is 0.234 e. The summed E-state index contributed by atoms with van der Waals surface area (Å²) < 4.78 is 7.44. The van der Waals surface area contributed by atoms with Gasteiger partial charge in [-0.05, 0) is 41.8 Å². The van der Waals surface area contributed by atoms with Crippen molar-refractivity contribution in [3.05, 3.63) is 71.6 Å². The second kappa shape index (κ2) is 9.47. The summed E-state index contributed by atoms with van der Waals surface area (Å²) in [5.74, 6) is 1.30. The summed E-state index contributed by atoms with van der Waals surface area (Å²) in [4.78, 5) is 13.5. The first-order valence-corrected chi connectivity index (χ1v) is 11.1. The summed E-state index contributed by atoms with van der Waals surface area (Å²) in [6.07, 6.45) is 0. The highest BCUT2D eigenvalue weighted by molar-refractivity contribution is 7.99. The van der Waals surface area contributed by atoms with Gasteiger partial charge in [0.05, 0.1) is 35.1 Å². The van der Waals surface area contributed by atoms with Gasteiger partial charge in [-0.25, -0.2) is 0 Å². The molecule has 9 heteroatoms. The van der Waals surface area contributed by atoms with Gasteiger partial charge < -0.3 is 10.1 Å². The zero-order valence-corrected chi connectivity index (χ0v) is 18.1. The van der Waals surface area contributed by atoms with Crippen LogP contribution in [0.1, 0.15) is 5.56 Å². The Bertz CT molecular complexity index is 1250. The van der Waals surface area contributed by atoms with Crippen molar-refractivity contribution in [1.29, 1.82) is 5.26 Å². The van der Waals surface area contributed by atoms with Crippen LogP contribution < -0.4 is 10.1 Å². The van der Waals surface area contributed by atoms with Crippen LogP contribution in [0.15, 0.2) is 71.2 Å². The number of amides is 1. The van der Waals surface area contributed by atoms with Crippen molar-refractivity contribution in [2.45, 2.75) is 5.16 Å². The molecule has 0 bridgehead atoms. The lowest BCUT2D eigenvalue weighted by atomic mass is 10.2. The molecule has 0 saturated carbocycles. The van der Waals surface area contributed by atoms with Crippen molar-refractivity contribution in [3.63, 3.8) is 0 Å². The van der Waals surface area contributed by atoms with Crippen LogP contribution in [0, 0.1) is 11.3 Å². The molecule has 154 valence electrons. The summed E-state index contributed by atoms with van der Waals surface area (Å²) in [7, 11) is 1.61. The van der Waals surface area contributed by atoms with Crippen molar-refractivity contribution in [1.82, 2.24) is 14.8 Å². The molecule has 2 heterocycles. The second-order valence-electron chi connectivity index (χ2n) is 6.32. The van der Waals surface area contributed by atoms with E-state index in [1.807, 2.05) is 46.3 Å². The second-order valence-corrected chi connectivity index (χ2v) is 8.21. The van der Waals surface area contributed by atoms with Gasteiger partial charge in [0.1, 0.15) is 5.75 Å². The molecule has 0 radical (unpaired) electrons. The Labute approximate surface area is 187 Å². The van der Waals surface area contributed by atoms with Gasteiger partial charge in [0.25, 0.3) is 0 Å². The number of hydrogen-bond acceptors (Lipinski definition) is 7. The maximum atomic E-state index is 12.5. The predicted octanol–water partition coefficient (Wildman–Crippen LogP) is 4.61. The molecule has 0 aliphatic heterocycles. The Balaban J connectivity index is 1.60. The fraction of sp³-hybridized carbons (Fsp3) is 0.0909. The molecule has 0 saturated heterocycles. The van der Waals surface area contributed by atoms with Gasteiger partial charge in [-0.15, -0.1) is 21.5 Å². The number of ether oxygens (including phenoxy) is 1. The quantitative estimate of drug-likeness (QED) is 0.416. The number of nitrogens with one attached hydrogen (secondary N) is 1. The molecule has 7 nitrogen and oxygen atoms in total. The molecule has 0 fully saturated rings. The molecule has 0 aliphatic carbocycles. The number of rotatable bonds is 7. The van der Waals surface area contributed by atoms with Crippen molar-refractivity contribution in [2.24, 2.45) is 0 Å². The zero-order chi connectivity index (χ0) is 21.6. The standard InChI is InChI=1S/C22H17N5O2S2/c1-29-18-9-3-2-8-17(18)27-21(19-10-5-11-30-19)25-26-22(27)31-14-20(28)24-16-7-4-6-15(12-16)13-23/h2-12H,14H2,1H3,(H,24,28). The number of methoxy groups -OCH3 is 1. The Morgan fingerprint density at radius 3 is 2.84 bits per heavy atom. The van der Waals surface area contributed by atoms with E-state index in [0.717, 1.165) is 10.6 Å². The van der Waals surface area contributed by atoms with Crippen molar-refractivity contribution < 1.29 is 9.53 Å². The van der Waals surface area contributed by atoms with E-state index in [1.54, 1.807) is 42.7 Å². The van der Waals surface area contributed by atoms with Crippen molar-refractivity contribution >= 4 is 34.7 Å². The molecular formula is C22H17N5O2S2. The van der Waals surface area contributed by atoms with Gasteiger partial charge in [-0.3, -0.25) is 9.36 Å². The van der Waals surface area contributed by atoms with Crippen LogP contribution >= 0.6 is 23.1 Å². The Morgan fingerprint density at radius 1 is 1.19 bits per heavy atom. The van der Waals surface area contributed by atoms with Gasteiger partial charge >= 0.3 is 0 Å². The van der Waals surface area contributed by atoms with E-state index in [9.17, 15) is 4.79 Å². The zero-order valence-electron chi connectivity index (χ0n) is 16.5. The molecule has 2 aromatic carbocycles. The van der Waals surface area contributed by atoms with E-state index in [0.29, 0.717) is 28.0 Å². The first-order chi connectivity index (χ1) is 15.2. The number of carbonyl (C=O) groups is 1. The van der Waals surface area contributed by atoms with Gasteiger partial charge in [0.2, 0.25) is 5.91 Å². The predicted molar refractivity (Wildman–Crippen MR) is 122 cm³/mol. The molecule has 31 heavy (non-hydrogen) atoms. The maximum Gasteiger partial charge on any atom is 0.234 e. The van der Waals surface area contributed by atoms with Crippen LogP contribution in [-0.4, -0.2) is 33.5 Å². The summed E-state index contributed by atoms with van der Waals surface area (Å²) in [6.45, 7) is 0. The number of anilines is 1. The minimum absolute atomic E-state index is 0.133. The number of para-hydroxylation sites is 2. The molecule has 1 amide bonds. The highest BCUT2D eigenvalue weighted by atomic mass is 32.2. The average Bonchev–Trinajstić information content (AvgIpc) is 3.47. The average molecular weight is 448 g/mol. The first kappa shape index (κ1) is 20.7. The highest BCUT2D eigenvalue weighted by Crippen LogP contribution is 2.34. The summed E-state index contributed by atoms with van der Waals surface area (Å²) >= 11 is 2.84. The molecule has 2 aromatic heterocycles. The highest BCUT2D eigenvalue weighted by Gasteiger charge is 2.20. The number of hydrogen-bond donors (Lipinski definition) is 1. The fourth-order valence-corrected chi connectivity index (χ4v) is 4.40. The number of nitrogens with zero attached hydrogens (tertiary/aromatic N) is 4.